The molecule has 0 atom stereocenters. The van der Waals surface area contributed by atoms with Gasteiger partial charge >= 0.3 is 4.87 Å². The Bertz CT molecular complexity index is 698. The quantitative estimate of drug-likeness (QED) is 0.726. The average Bonchev–Trinajstić information content (AvgIpc) is 2.94. The number of thiazole rings is 1. The van der Waals surface area contributed by atoms with Gasteiger partial charge in [-0.15, -0.1) is 0 Å². The molecule has 0 radical (unpaired) electrons. The monoisotopic (exact) mass is 247 g/mol. The van der Waals surface area contributed by atoms with E-state index in [0.29, 0.717) is 6.54 Å². The molecule has 3 rings (SSSR count). The third-order valence-electron chi connectivity index (χ3n) is 2.29. The number of aromatic nitrogens is 4. The van der Waals surface area contributed by atoms with Crippen molar-refractivity contribution in [2.24, 2.45) is 0 Å². The summed E-state index contributed by atoms with van der Waals surface area (Å²) in [5.74, 6) is 0.755. The fraction of sp³-hybridized carbons (Fsp3) is 0.100. The Hall–Kier alpha value is -2.15. The van der Waals surface area contributed by atoms with Crippen LogP contribution in [0, 0.1) is 0 Å². The molecule has 0 unspecified atom stereocenters. The van der Waals surface area contributed by atoms with Crippen molar-refractivity contribution in [3.05, 3.63) is 45.3 Å². The molecule has 0 saturated carbocycles. The van der Waals surface area contributed by atoms with E-state index in [-0.39, 0.29) is 4.87 Å². The van der Waals surface area contributed by atoms with Gasteiger partial charge in [0.2, 0.25) is 0 Å². The lowest BCUT2D eigenvalue weighted by atomic mass is 10.4. The summed E-state index contributed by atoms with van der Waals surface area (Å²) in [5.41, 5.74) is 1.64. The molecule has 86 valence electrons. The number of nitrogens with zero attached hydrogens (tertiary/aromatic N) is 3. The number of fused-ring (bicyclic) bond motifs is 1. The minimum Gasteiger partial charge on any atom is -0.364 e. The van der Waals surface area contributed by atoms with E-state index in [9.17, 15) is 4.79 Å². The first-order chi connectivity index (χ1) is 8.31. The Labute approximate surface area is 100.0 Å². The molecule has 0 aliphatic carbocycles. The molecule has 2 N–H and O–H groups in total. The van der Waals surface area contributed by atoms with Crippen LogP contribution in [-0.4, -0.2) is 19.6 Å². The first-order valence-corrected chi connectivity index (χ1v) is 5.90. The largest absolute Gasteiger partial charge is 0.364 e. The molecular formula is C10H9N5OS. The van der Waals surface area contributed by atoms with Crippen LogP contribution in [0.3, 0.4) is 0 Å². The summed E-state index contributed by atoms with van der Waals surface area (Å²) in [6.45, 7) is 0.552. The Morgan fingerprint density at radius 1 is 1.47 bits per heavy atom. The van der Waals surface area contributed by atoms with Gasteiger partial charge in [-0.3, -0.25) is 4.79 Å². The van der Waals surface area contributed by atoms with E-state index in [2.05, 4.69) is 20.4 Å². The van der Waals surface area contributed by atoms with Crippen LogP contribution in [-0.2, 0) is 6.54 Å². The van der Waals surface area contributed by atoms with Crippen LogP contribution in [0.25, 0.3) is 5.65 Å². The first-order valence-electron chi connectivity index (χ1n) is 5.02. The molecule has 0 saturated heterocycles. The molecule has 0 aromatic carbocycles. The number of aromatic amines is 1. The zero-order valence-electron chi connectivity index (χ0n) is 8.75. The fourth-order valence-corrected chi connectivity index (χ4v) is 2.08. The third kappa shape index (κ3) is 2.04. The normalized spacial score (nSPS) is 10.8. The zero-order valence-corrected chi connectivity index (χ0v) is 9.57. The van der Waals surface area contributed by atoms with Crippen molar-refractivity contribution in [3.63, 3.8) is 0 Å². The zero-order chi connectivity index (χ0) is 11.7. The Balaban J connectivity index is 1.78. The van der Waals surface area contributed by atoms with Gasteiger partial charge in [0.1, 0.15) is 5.82 Å². The van der Waals surface area contributed by atoms with Crippen LogP contribution in [0.5, 0.6) is 0 Å². The number of hydrogen-bond acceptors (Lipinski definition) is 5. The van der Waals surface area contributed by atoms with Crippen LogP contribution < -0.4 is 10.2 Å². The van der Waals surface area contributed by atoms with Crippen molar-refractivity contribution in [1.29, 1.82) is 0 Å². The fourth-order valence-electron chi connectivity index (χ4n) is 1.50. The lowest BCUT2D eigenvalue weighted by Crippen LogP contribution is -2.04. The highest BCUT2D eigenvalue weighted by Crippen LogP contribution is 2.07. The van der Waals surface area contributed by atoms with Crippen LogP contribution in [0.1, 0.15) is 5.69 Å². The smallest absolute Gasteiger partial charge is 0.304 e. The Kier molecular flexibility index (Phi) is 2.37. The summed E-state index contributed by atoms with van der Waals surface area (Å²) in [4.78, 5) is 18.0. The molecule has 0 aliphatic rings. The van der Waals surface area contributed by atoms with Gasteiger partial charge in [0.15, 0.2) is 5.65 Å². The molecule has 3 aromatic heterocycles. The second kappa shape index (κ2) is 4.02. The maximum Gasteiger partial charge on any atom is 0.304 e. The Morgan fingerprint density at radius 2 is 2.41 bits per heavy atom. The number of rotatable bonds is 3. The highest BCUT2D eigenvalue weighted by molar-refractivity contribution is 7.07. The molecule has 0 aliphatic heterocycles. The minimum absolute atomic E-state index is 0.0407. The van der Waals surface area contributed by atoms with Crippen LogP contribution in [0.15, 0.2) is 34.7 Å². The highest BCUT2D eigenvalue weighted by atomic mass is 32.1. The van der Waals surface area contributed by atoms with Gasteiger partial charge in [0, 0.05) is 23.3 Å². The SMILES string of the molecule is O=c1[nH]c(CNc2ccn3nccc3n2)cs1. The molecule has 0 bridgehead atoms. The molecule has 3 aromatic rings. The lowest BCUT2D eigenvalue weighted by Gasteiger charge is -2.03. The summed E-state index contributed by atoms with van der Waals surface area (Å²) >= 11 is 1.16. The number of hydrogen-bond donors (Lipinski definition) is 2. The van der Waals surface area contributed by atoms with Gasteiger partial charge in [-0.1, -0.05) is 11.3 Å². The average molecular weight is 247 g/mol. The summed E-state index contributed by atoms with van der Waals surface area (Å²) in [6.07, 6.45) is 3.53. The van der Waals surface area contributed by atoms with E-state index in [1.165, 1.54) is 0 Å². The molecule has 0 amide bonds. The highest BCUT2D eigenvalue weighted by Gasteiger charge is 2.00. The van der Waals surface area contributed by atoms with E-state index in [4.69, 9.17) is 0 Å². The van der Waals surface area contributed by atoms with Gasteiger partial charge in [-0.25, -0.2) is 9.50 Å². The van der Waals surface area contributed by atoms with Gasteiger partial charge in [0.05, 0.1) is 12.7 Å². The standard InChI is InChI=1S/C10H9N5OS/c16-10-13-7(6-17-10)5-11-8-2-4-15-9(14-8)1-3-12-15/h1-4,6H,5H2,(H,11,14)(H,13,16). The number of anilines is 1. The van der Waals surface area contributed by atoms with Crippen molar-refractivity contribution in [2.75, 3.05) is 5.32 Å². The minimum atomic E-state index is -0.0407. The topological polar surface area (TPSA) is 75.1 Å². The molecule has 6 nitrogen and oxygen atoms in total. The van der Waals surface area contributed by atoms with Gasteiger partial charge < -0.3 is 10.3 Å². The second-order valence-corrected chi connectivity index (χ2v) is 4.32. The molecule has 0 fully saturated rings. The molecule has 3 heterocycles. The number of H-pyrrole nitrogens is 1. The van der Waals surface area contributed by atoms with Crippen LogP contribution >= 0.6 is 11.3 Å². The summed E-state index contributed by atoms with van der Waals surface area (Å²) in [7, 11) is 0. The van der Waals surface area contributed by atoms with Gasteiger partial charge in [-0.05, 0) is 6.07 Å². The molecular weight excluding hydrogens is 238 g/mol. The maximum absolute atomic E-state index is 10.9. The van der Waals surface area contributed by atoms with Crippen molar-refractivity contribution >= 4 is 22.8 Å². The van der Waals surface area contributed by atoms with Crippen molar-refractivity contribution in [3.8, 4) is 0 Å². The van der Waals surface area contributed by atoms with E-state index in [1.54, 1.807) is 16.1 Å². The maximum atomic E-state index is 10.9. The van der Waals surface area contributed by atoms with E-state index in [0.717, 1.165) is 28.5 Å². The summed E-state index contributed by atoms with van der Waals surface area (Å²) in [6, 6.07) is 3.67. The van der Waals surface area contributed by atoms with Crippen molar-refractivity contribution in [2.45, 2.75) is 6.54 Å². The lowest BCUT2D eigenvalue weighted by molar-refractivity contribution is 0.934. The predicted octanol–water partition coefficient (Wildman–Crippen LogP) is 1.09. The van der Waals surface area contributed by atoms with Gasteiger partial charge in [-0.2, -0.15) is 5.10 Å². The van der Waals surface area contributed by atoms with E-state index in [1.807, 2.05) is 18.3 Å². The molecule has 7 heteroatoms. The third-order valence-corrected chi connectivity index (χ3v) is 3.01. The van der Waals surface area contributed by atoms with Crippen LogP contribution in [0.4, 0.5) is 5.82 Å². The van der Waals surface area contributed by atoms with Crippen LogP contribution in [0.2, 0.25) is 0 Å². The first kappa shape index (κ1) is 10.0. The number of nitrogens with one attached hydrogen (secondary N) is 2. The summed E-state index contributed by atoms with van der Waals surface area (Å²) < 4.78 is 1.69. The Morgan fingerprint density at radius 3 is 3.24 bits per heavy atom. The van der Waals surface area contributed by atoms with Crippen molar-refractivity contribution < 1.29 is 0 Å². The second-order valence-electron chi connectivity index (χ2n) is 3.47. The van der Waals surface area contributed by atoms with E-state index < -0.39 is 0 Å². The molecule has 17 heavy (non-hydrogen) atoms. The van der Waals surface area contributed by atoms with Crippen molar-refractivity contribution in [1.82, 2.24) is 19.6 Å². The molecule has 0 spiro atoms. The summed E-state index contributed by atoms with van der Waals surface area (Å²) in [5, 5.41) is 9.00. The van der Waals surface area contributed by atoms with Gasteiger partial charge in [0.25, 0.3) is 0 Å². The van der Waals surface area contributed by atoms with E-state index >= 15 is 0 Å². The predicted molar refractivity (Wildman–Crippen MR) is 65.3 cm³/mol.